The van der Waals surface area contributed by atoms with Crippen molar-refractivity contribution in [1.82, 2.24) is 0 Å². The molecule has 1 N–H and O–H groups in total. The summed E-state index contributed by atoms with van der Waals surface area (Å²) in [6, 6.07) is -1.89. The predicted molar refractivity (Wildman–Crippen MR) is 28.2 cm³/mol. The fourth-order valence-electron chi connectivity index (χ4n) is 0.299. The Labute approximate surface area is 48.7 Å². The molecule has 0 aliphatic carbocycles. The lowest BCUT2D eigenvalue weighted by Gasteiger charge is -1.99. The van der Waals surface area contributed by atoms with Gasteiger partial charge in [0.25, 0.3) is 0 Å². The summed E-state index contributed by atoms with van der Waals surface area (Å²) in [6.07, 6.45) is 0.0243. The Hall–Kier alpha value is -0.640. The highest BCUT2D eigenvalue weighted by Gasteiger charge is 2.13. The van der Waals surface area contributed by atoms with Crippen molar-refractivity contribution in [2.24, 2.45) is 0 Å². The number of nitrogens with zero attached hydrogens (tertiary/aromatic N) is 1. The van der Waals surface area contributed by atoms with Crippen LogP contribution >= 0.6 is 0 Å². The van der Waals surface area contributed by atoms with Crippen LogP contribution in [-0.4, -0.2) is 22.7 Å². The summed E-state index contributed by atoms with van der Waals surface area (Å²) in [4.78, 5) is 9.16. The summed E-state index contributed by atoms with van der Waals surface area (Å²) < 4.78 is 6.92. The van der Waals surface area contributed by atoms with Gasteiger partial charge in [0.1, 0.15) is 7.98 Å². The van der Waals surface area contributed by atoms with E-state index >= 15 is 0 Å². The summed E-state index contributed by atoms with van der Waals surface area (Å²) >= 11 is 0. The van der Waals surface area contributed by atoms with E-state index in [1.165, 1.54) is 6.92 Å². The van der Waals surface area contributed by atoms with Crippen LogP contribution in [0.2, 0.25) is 0 Å². The molecule has 0 aromatic heterocycles. The molecule has 0 amide bonds. The Morgan fingerprint density at radius 1 is 2.12 bits per heavy atom. The number of hydrogen-bond acceptors (Lipinski definition) is 3. The topological polar surface area (TPSA) is 63.4 Å². The molecule has 0 saturated heterocycles. The number of aliphatic hydroxyl groups is 1. The number of aliphatic hydroxyl groups excluding tert-OH is 1. The van der Waals surface area contributed by atoms with E-state index in [-0.39, 0.29) is 6.42 Å². The summed E-state index contributed by atoms with van der Waals surface area (Å²) in [5.74, 6) is 0. The lowest BCUT2D eigenvalue weighted by atomic mass is 10.3. The molecule has 48 valence electrons. The third-order valence-corrected chi connectivity index (χ3v) is 0.849. The molecular weight excluding hydrogens is 110 g/mol. The highest BCUT2D eigenvalue weighted by molar-refractivity contribution is 4.47. The van der Waals surface area contributed by atoms with E-state index in [0.717, 1.165) is 0 Å². The van der Waals surface area contributed by atoms with E-state index in [0.29, 0.717) is 0 Å². The maximum absolute atomic E-state index is 9.94. The van der Waals surface area contributed by atoms with E-state index in [2.05, 4.69) is 0 Å². The van der Waals surface area contributed by atoms with Crippen molar-refractivity contribution in [2.45, 2.75) is 19.4 Å². The second kappa shape index (κ2) is 3.37. The molecule has 4 heteroatoms. The Balaban J connectivity index is 4.09. The smallest absolute Gasteiger partial charge is 0.235 e. The number of hydrogen-bond donors (Lipinski definition) is 1. The monoisotopic (exact) mass is 120 g/mol. The maximum Gasteiger partial charge on any atom is 0.235 e. The minimum Gasteiger partial charge on any atom is -0.389 e. The van der Waals surface area contributed by atoms with Crippen molar-refractivity contribution in [3.63, 3.8) is 0 Å². The normalized spacial score (nSPS) is 19.0. The van der Waals surface area contributed by atoms with Crippen LogP contribution in [-0.2, 0) is 0 Å². The molecule has 0 rings (SSSR count). The van der Waals surface area contributed by atoms with Gasteiger partial charge in [-0.25, -0.2) is 0 Å². The predicted octanol–water partition coefficient (Wildman–Crippen LogP) is 0.0340. The van der Waals surface area contributed by atoms with Gasteiger partial charge in [0, 0.05) is 11.3 Å². The Kier molecular flexibility index (Phi) is 2.32. The molecular formula is C4H9NO3. The summed E-state index contributed by atoms with van der Waals surface area (Å²) in [5, 5.41) is 18.3. The van der Waals surface area contributed by atoms with Gasteiger partial charge in [-0.05, 0) is 0 Å². The van der Waals surface area contributed by atoms with Crippen LogP contribution in [0.4, 0.5) is 0 Å². The van der Waals surface area contributed by atoms with E-state index < -0.39 is 17.5 Å². The third-order valence-electron chi connectivity index (χ3n) is 0.849. The fourth-order valence-corrected chi connectivity index (χ4v) is 0.299. The van der Waals surface area contributed by atoms with Crippen LogP contribution in [0.15, 0.2) is 0 Å². The Morgan fingerprint density at radius 3 is 2.62 bits per heavy atom. The van der Waals surface area contributed by atoms with Gasteiger partial charge in [-0.15, -0.1) is 0 Å². The van der Waals surface area contributed by atoms with Gasteiger partial charge in [0.15, 0.2) is 0 Å². The van der Waals surface area contributed by atoms with Gasteiger partial charge < -0.3 is 5.11 Å². The fraction of sp³-hybridized carbons (Fsp3) is 1.00. The number of rotatable bonds is 3. The molecule has 0 fully saturated rings. The minimum atomic E-state index is -1.89. The van der Waals surface area contributed by atoms with Crippen LogP contribution in [0.5, 0.6) is 0 Å². The molecule has 0 heterocycles. The summed E-state index contributed by atoms with van der Waals surface area (Å²) in [5.41, 5.74) is 0. The van der Waals surface area contributed by atoms with E-state index in [1.807, 2.05) is 0 Å². The molecule has 0 spiro atoms. The molecule has 1 unspecified atom stereocenters. The van der Waals surface area contributed by atoms with E-state index in [1.54, 1.807) is 0 Å². The Morgan fingerprint density at radius 2 is 2.62 bits per heavy atom. The van der Waals surface area contributed by atoms with Crippen LogP contribution in [0.1, 0.15) is 14.7 Å². The molecule has 0 radical (unpaired) electrons. The first-order valence-corrected chi connectivity index (χ1v) is 2.32. The lowest BCUT2D eigenvalue weighted by Crippen LogP contribution is -2.22. The number of nitro groups is 1. The SMILES string of the molecule is [2H]C(CC)(CO)[N+](=O)[O-]. The molecule has 0 aromatic carbocycles. The highest BCUT2D eigenvalue weighted by Crippen LogP contribution is 1.92. The van der Waals surface area contributed by atoms with Gasteiger partial charge >= 0.3 is 0 Å². The van der Waals surface area contributed by atoms with E-state index in [4.69, 9.17) is 6.48 Å². The molecule has 0 aliphatic rings. The third kappa shape index (κ3) is 1.88. The van der Waals surface area contributed by atoms with Gasteiger partial charge in [0.2, 0.25) is 6.02 Å². The Bertz CT molecular complexity index is 112. The quantitative estimate of drug-likeness (QED) is 0.422. The average molecular weight is 120 g/mol. The van der Waals surface area contributed by atoms with Gasteiger partial charge in [0.05, 0.1) is 0 Å². The maximum atomic E-state index is 9.94. The van der Waals surface area contributed by atoms with Crippen LogP contribution < -0.4 is 0 Å². The summed E-state index contributed by atoms with van der Waals surface area (Å²) in [7, 11) is 0. The zero-order valence-electron chi connectivity index (χ0n) is 5.63. The standard InChI is InChI=1S/C4H9NO3/c1-2-4(3-6)5(7)8/h4,6H,2-3H2,1H3/i4D. The van der Waals surface area contributed by atoms with Crippen molar-refractivity contribution in [3.05, 3.63) is 10.1 Å². The van der Waals surface area contributed by atoms with Crippen molar-refractivity contribution in [2.75, 3.05) is 6.61 Å². The van der Waals surface area contributed by atoms with Gasteiger partial charge in [-0.1, -0.05) is 6.92 Å². The zero-order chi connectivity index (χ0) is 7.49. The molecule has 0 saturated carbocycles. The average Bonchev–Trinajstić information content (AvgIpc) is 1.86. The second-order valence-electron chi connectivity index (χ2n) is 1.34. The van der Waals surface area contributed by atoms with Crippen molar-refractivity contribution < 1.29 is 11.4 Å². The van der Waals surface area contributed by atoms with E-state index in [9.17, 15) is 10.1 Å². The highest BCUT2D eigenvalue weighted by atomic mass is 16.6. The molecule has 4 nitrogen and oxygen atoms in total. The van der Waals surface area contributed by atoms with Crippen LogP contribution in [0.3, 0.4) is 0 Å². The van der Waals surface area contributed by atoms with Crippen molar-refractivity contribution in [1.29, 1.82) is 0 Å². The van der Waals surface area contributed by atoms with Crippen LogP contribution in [0.25, 0.3) is 0 Å². The largest absolute Gasteiger partial charge is 0.389 e. The lowest BCUT2D eigenvalue weighted by molar-refractivity contribution is -0.526. The molecule has 0 bridgehead atoms. The first-order chi connectivity index (χ1) is 4.06. The van der Waals surface area contributed by atoms with Gasteiger partial charge in [-0.3, -0.25) is 10.1 Å². The molecule has 0 aromatic rings. The summed E-state index contributed by atoms with van der Waals surface area (Å²) in [6.45, 7) is 0.766. The van der Waals surface area contributed by atoms with Crippen molar-refractivity contribution in [3.8, 4) is 0 Å². The first kappa shape index (κ1) is 5.50. The second-order valence-corrected chi connectivity index (χ2v) is 1.34. The van der Waals surface area contributed by atoms with Crippen LogP contribution in [0, 0.1) is 10.1 Å². The molecule has 0 aliphatic heterocycles. The van der Waals surface area contributed by atoms with Crippen molar-refractivity contribution >= 4 is 0 Å². The first-order valence-electron chi connectivity index (χ1n) is 2.82. The molecule has 8 heavy (non-hydrogen) atoms. The minimum absolute atomic E-state index is 0.0243. The van der Waals surface area contributed by atoms with Gasteiger partial charge in [-0.2, -0.15) is 0 Å². The zero-order valence-corrected chi connectivity index (χ0v) is 4.63. The molecule has 1 atom stereocenters.